The minimum absolute atomic E-state index is 0.192. The number of hydrogen-bond donors (Lipinski definition) is 1. The van der Waals surface area contributed by atoms with Crippen molar-refractivity contribution in [2.75, 3.05) is 6.61 Å². The average molecular weight is 217 g/mol. The van der Waals surface area contributed by atoms with E-state index in [0.29, 0.717) is 13.0 Å². The SMILES string of the molecule is C#CCCOc1ccccc1CC(N)CC. The number of ether oxygens (including phenoxy) is 1. The molecule has 0 aliphatic carbocycles. The Morgan fingerprint density at radius 1 is 1.44 bits per heavy atom. The highest BCUT2D eigenvalue weighted by atomic mass is 16.5. The monoisotopic (exact) mass is 217 g/mol. The van der Waals surface area contributed by atoms with Gasteiger partial charge in [-0.3, -0.25) is 0 Å². The molecule has 0 saturated heterocycles. The van der Waals surface area contributed by atoms with Gasteiger partial charge < -0.3 is 10.5 Å². The molecule has 0 aromatic heterocycles. The molecule has 2 N–H and O–H groups in total. The van der Waals surface area contributed by atoms with Gasteiger partial charge in [-0.25, -0.2) is 0 Å². The first-order valence-electron chi connectivity index (χ1n) is 5.67. The van der Waals surface area contributed by atoms with E-state index in [1.165, 1.54) is 0 Å². The Kier molecular flexibility index (Phi) is 5.45. The van der Waals surface area contributed by atoms with E-state index in [4.69, 9.17) is 16.9 Å². The Morgan fingerprint density at radius 3 is 2.88 bits per heavy atom. The van der Waals surface area contributed by atoms with Gasteiger partial charge in [-0.2, -0.15) is 0 Å². The summed E-state index contributed by atoms with van der Waals surface area (Å²) in [4.78, 5) is 0. The number of hydrogen-bond acceptors (Lipinski definition) is 2. The van der Waals surface area contributed by atoms with Gasteiger partial charge in [0.1, 0.15) is 5.75 Å². The summed E-state index contributed by atoms with van der Waals surface area (Å²) in [5.41, 5.74) is 7.10. The fourth-order valence-electron chi connectivity index (χ4n) is 1.46. The van der Waals surface area contributed by atoms with Gasteiger partial charge in [-0.15, -0.1) is 12.3 Å². The summed E-state index contributed by atoms with van der Waals surface area (Å²) in [5.74, 6) is 3.46. The lowest BCUT2D eigenvalue weighted by Crippen LogP contribution is -2.21. The van der Waals surface area contributed by atoms with E-state index in [1.54, 1.807) is 0 Å². The molecule has 2 nitrogen and oxygen atoms in total. The Morgan fingerprint density at radius 2 is 2.19 bits per heavy atom. The maximum absolute atomic E-state index is 5.94. The number of benzene rings is 1. The van der Waals surface area contributed by atoms with Crippen LogP contribution in [0.2, 0.25) is 0 Å². The van der Waals surface area contributed by atoms with Crippen LogP contribution < -0.4 is 10.5 Å². The molecule has 1 aromatic rings. The molecule has 0 aliphatic rings. The molecule has 0 aliphatic heterocycles. The highest BCUT2D eigenvalue weighted by Crippen LogP contribution is 2.19. The Balaban J connectivity index is 2.64. The lowest BCUT2D eigenvalue weighted by atomic mass is 10.0. The van der Waals surface area contributed by atoms with Crippen LogP contribution in [-0.2, 0) is 6.42 Å². The van der Waals surface area contributed by atoms with Gasteiger partial charge in [0.15, 0.2) is 0 Å². The molecule has 2 heteroatoms. The zero-order valence-electron chi connectivity index (χ0n) is 9.78. The van der Waals surface area contributed by atoms with Gasteiger partial charge in [-0.05, 0) is 24.5 Å². The Labute approximate surface area is 97.8 Å². The fraction of sp³-hybridized carbons (Fsp3) is 0.429. The molecule has 1 aromatic carbocycles. The molecule has 1 unspecified atom stereocenters. The molecule has 1 rings (SSSR count). The van der Waals surface area contributed by atoms with Crippen LogP contribution in [0.1, 0.15) is 25.3 Å². The molecular weight excluding hydrogens is 198 g/mol. The van der Waals surface area contributed by atoms with Crippen molar-refractivity contribution >= 4 is 0 Å². The maximum atomic E-state index is 5.94. The van der Waals surface area contributed by atoms with Crippen LogP contribution in [0.3, 0.4) is 0 Å². The van der Waals surface area contributed by atoms with Crippen LogP contribution >= 0.6 is 0 Å². The third-order valence-corrected chi connectivity index (χ3v) is 2.48. The number of para-hydroxylation sites is 1. The first-order valence-corrected chi connectivity index (χ1v) is 5.67. The molecule has 0 fully saturated rings. The largest absolute Gasteiger partial charge is 0.492 e. The quantitative estimate of drug-likeness (QED) is 0.586. The van der Waals surface area contributed by atoms with Crippen molar-refractivity contribution in [1.29, 1.82) is 0 Å². The van der Waals surface area contributed by atoms with Crippen molar-refractivity contribution < 1.29 is 4.74 Å². The van der Waals surface area contributed by atoms with Crippen molar-refractivity contribution in [2.45, 2.75) is 32.2 Å². The predicted molar refractivity (Wildman–Crippen MR) is 67.4 cm³/mol. The summed E-state index contributed by atoms with van der Waals surface area (Å²) < 4.78 is 5.62. The van der Waals surface area contributed by atoms with Crippen LogP contribution in [-0.4, -0.2) is 12.6 Å². The molecule has 16 heavy (non-hydrogen) atoms. The lowest BCUT2D eigenvalue weighted by Gasteiger charge is -2.13. The van der Waals surface area contributed by atoms with E-state index < -0.39 is 0 Å². The second-order valence-corrected chi connectivity index (χ2v) is 3.78. The highest BCUT2D eigenvalue weighted by Gasteiger charge is 2.06. The van der Waals surface area contributed by atoms with Crippen LogP contribution in [0.5, 0.6) is 5.75 Å². The molecule has 0 heterocycles. The van der Waals surface area contributed by atoms with E-state index in [2.05, 4.69) is 18.9 Å². The van der Waals surface area contributed by atoms with Crippen molar-refractivity contribution in [2.24, 2.45) is 5.73 Å². The average Bonchev–Trinajstić information content (AvgIpc) is 2.31. The molecule has 0 bridgehead atoms. The first kappa shape index (κ1) is 12.6. The molecule has 0 spiro atoms. The van der Waals surface area contributed by atoms with Gasteiger partial charge in [0.25, 0.3) is 0 Å². The predicted octanol–water partition coefficient (Wildman–Crippen LogP) is 2.37. The molecule has 0 amide bonds. The molecule has 1 atom stereocenters. The van der Waals surface area contributed by atoms with E-state index in [1.807, 2.05) is 18.2 Å². The molecule has 0 radical (unpaired) electrons. The summed E-state index contributed by atoms with van der Waals surface area (Å²) in [5, 5.41) is 0. The van der Waals surface area contributed by atoms with Gasteiger partial charge in [-0.1, -0.05) is 25.1 Å². The zero-order chi connectivity index (χ0) is 11.8. The van der Waals surface area contributed by atoms with Crippen molar-refractivity contribution in [1.82, 2.24) is 0 Å². The summed E-state index contributed by atoms with van der Waals surface area (Å²) in [6.45, 7) is 2.65. The van der Waals surface area contributed by atoms with E-state index >= 15 is 0 Å². The summed E-state index contributed by atoms with van der Waals surface area (Å²) >= 11 is 0. The molecule has 86 valence electrons. The van der Waals surface area contributed by atoms with E-state index in [-0.39, 0.29) is 6.04 Å². The van der Waals surface area contributed by atoms with Gasteiger partial charge in [0.05, 0.1) is 6.61 Å². The summed E-state index contributed by atoms with van der Waals surface area (Å²) in [6, 6.07) is 8.18. The number of terminal acetylenes is 1. The highest BCUT2D eigenvalue weighted by molar-refractivity contribution is 5.34. The standard InChI is InChI=1S/C14H19NO/c1-3-5-10-16-14-9-7-6-8-12(14)11-13(15)4-2/h1,6-9,13H,4-5,10-11,15H2,2H3. The smallest absolute Gasteiger partial charge is 0.122 e. The van der Waals surface area contributed by atoms with Crippen LogP contribution in [0.15, 0.2) is 24.3 Å². The van der Waals surface area contributed by atoms with Crippen LogP contribution in [0, 0.1) is 12.3 Å². The summed E-state index contributed by atoms with van der Waals surface area (Å²) in [7, 11) is 0. The number of rotatable bonds is 6. The van der Waals surface area contributed by atoms with Gasteiger partial charge in [0.2, 0.25) is 0 Å². The number of nitrogens with two attached hydrogens (primary N) is 1. The van der Waals surface area contributed by atoms with Crippen LogP contribution in [0.4, 0.5) is 0 Å². The topological polar surface area (TPSA) is 35.2 Å². The molecular formula is C14H19NO. The lowest BCUT2D eigenvalue weighted by molar-refractivity contribution is 0.323. The third kappa shape index (κ3) is 3.96. The van der Waals surface area contributed by atoms with Gasteiger partial charge >= 0.3 is 0 Å². The van der Waals surface area contributed by atoms with Crippen LogP contribution in [0.25, 0.3) is 0 Å². The normalized spacial score (nSPS) is 11.8. The minimum atomic E-state index is 0.192. The van der Waals surface area contributed by atoms with E-state index in [0.717, 1.165) is 24.2 Å². The zero-order valence-corrected chi connectivity index (χ0v) is 9.78. The Bertz CT molecular complexity index is 354. The van der Waals surface area contributed by atoms with Crippen molar-refractivity contribution in [3.8, 4) is 18.1 Å². The molecule has 0 saturated carbocycles. The Hall–Kier alpha value is -1.46. The second-order valence-electron chi connectivity index (χ2n) is 3.78. The second kappa shape index (κ2) is 6.92. The minimum Gasteiger partial charge on any atom is -0.492 e. The third-order valence-electron chi connectivity index (χ3n) is 2.48. The maximum Gasteiger partial charge on any atom is 0.122 e. The van der Waals surface area contributed by atoms with Crippen molar-refractivity contribution in [3.05, 3.63) is 29.8 Å². The summed E-state index contributed by atoms with van der Waals surface area (Å²) in [6.07, 6.45) is 7.64. The van der Waals surface area contributed by atoms with Gasteiger partial charge in [0, 0.05) is 12.5 Å². The van der Waals surface area contributed by atoms with Crippen molar-refractivity contribution in [3.63, 3.8) is 0 Å². The fourth-order valence-corrected chi connectivity index (χ4v) is 1.46. The van der Waals surface area contributed by atoms with E-state index in [9.17, 15) is 0 Å². The first-order chi connectivity index (χ1) is 7.77.